The second-order valence-corrected chi connectivity index (χ2v) is 5.20. The summed E-state index contributed by atoms with van der Waals surface area (Å²) >= 11 is 5.89. The number of urea groups is 1. The molecule has 0 bridgehead atoms. The summed E-state index contributed by atoms with van der Waals surface area (Å²) < 4.78 is 13.7. The third-order valence-corrected chi connectivity index (χ3v) is 3.45. The number of amides is 3. The fourth-order valence-corrected chi connectivity index (χ4v) is 2.21. The van der Waals surface area contributed by atoms with Gasteiger partial charge in [0.25, 0.3) is 5.91 Å². The quantitative estimate of drug-likeness (QED) is 0.867. The number of carbonyl (C=O) groups is 2. The molecular formula is C13H14ClFN2O2. The Morgan fingerprint density at radius 1 is 1.42 bits per heavy atom. The highest BCUT2D eigenvalue weighted by Crippen LogP contribution is 2.23. The van der Waals surface area contributed by atoms with Gasteiger partial charge in [-0.15, -0.1) is 0 Å². The molecule has 1 aliphatic rings. The molecule has 0 radical (unpaired) electrons. The third kappa shape index (κ3) is 2.56. The van der Waals surface area contributed by atoms with Crippen LogP contribution in [0, 0.1) is 11.7 Å². The molecule has 1 N–H and O–H groups in total. The Kier molecular flexibility index (Phi) is 3.75. The summed E-state index contributed by atoms with van der Waals surface area (Å²) in [6.07, 6.45) is 0. The topological polar surface area (TPSA) is 49.4 Å². The zero-order valence-corrected chi connectivity index (χ0v) is 11.4. The number of carbonyl (C=O) groups excluding carboxylic acids is 2. The predicted molar refractivity (Wildman–Crippen MR) is 69.1 cm³/mol. The molecule has 3 amide bonds. The first-order valence-corrected chi connectivity index (χ1v) is 6.34. The highest BCUT2D eigenvalue weighted by atomic mass is 35.5. The lowest BCUT2D eigenvalue weighted by Gasteiger charge is -2.15. The lowest BCUT2D eigenvalue weighted by atomic mass is 10.0. The van der Waals surface area contributed by atoms with Crippen LogP contribution in [0.2, 0.25) is 5.02 Å². The van der Waals surface area contributed by atoms with Gasteiger partial charge >= 0.3 is 6.03 Å². The van der Waals surface area contributed by atoms with Gasteiger partial charge in [0, 0.05) is 10.6 Å². The number of nitrogens with zero attached hydrogens (tertiary/aromatic N) is 1. The number of hydrogen-bond donors (Lipinski definition) is 1. The van der Waals surface area contributed by atoms with Crippen molar-refractivity contribution < 1.29 is 14.0 Å². The van der Waals surface area contributed by atoms with Gasteiger partial charge in [0.1, 0.15) is 11.9 Å². The first-order chi connectivity index (χ1) is 8.91. The summed E-state index contributed by atoms with van der Waals surface area (Å²) in [4.78, 5) is 24.8. The molecule has 1 saturated heterocycles. The van der Waals surface area contributed by atoms with Crippen LogP contribution < -0.4 is 5.32 Å². The zero-order valence-electron chi connectivity index (χ0n) is 10.6. The molecule has 0 aromatic heterocycles. The Morgan fingerprint density at radius 2 is 2.11 bits per heavy atom. The summed E-state index contributed by atoms with van der Waals surface area (Å²) in [7, 11) is 0. The maximum absolute atomic E-state index is 13.7. The summed E-state index contributed by atoms with van der Waals surface area (Å²) in [6, 6.07) is 3.18. The summed E-state index contributed by atoms with van der Waals surface area (Å²) in [6.45, 7) is 3.52. The Bertz CT molecular complexity index is 513. The van der Waals surface area contributed by atoms with Crippen LogP contribution in [0.3, 0.4) is 0 Å². The van der Waals surface area contributed by atoms with Crippen molar-refractivity contribution in [2.45, 2.75) is 26.4 Å². The van der Waals surface area contributed by atoms with Crippen molar-refractivity contribution in [1.82, 2.24) is 10.2 Å². The summed E-state index contributed by atoms with van der Waals surface area (Å²) in [5.74, 6) is -0.891. The molecule has 1 aromatic carbocycles. The number of nitrogens with one attached hydrogen (secondary N) is 1. The first-order valence-electron chi connectivity index (χ1n) is 5.96. The Hall–Kier alpha value is -1.62. The standard InChI is InChI=1S/C13H14ClFN2O2/c1-7(2)11-12(18)17(13(19)16-11)6-8-9(14)4-3-5-10(8)15/h3-5,7,11H,6H2,1-2H3,(H,16,19). The molecule has 1 heterocycles. The lowest BCUT2D eigenvalue weighted by Crippen LogP contribution is -2.34. The van der Waals surface area contributed by atoms with Crippen LogP contribution in [0.4, 0.5) is 9.18 Å². The molecular weight excluding hydrogens is 271 g/mol. The normalized spacial score (nSPS) is 19.2. The van der Waals surface area contributed by atoms with E-state index in [4.69, 9.17) is 11.6 Å². The van der Waals surface area contributed by atoms with Crippen molar-refractivity contribution in [2.24, 2.45) is 5.92 Å². The second kappa shape index (κ2) is 5.17. The maximum Gasteiger partial charge on any atom is 0.325 e. The second-order valence-electron chi connectivity index (χ2n) is 4.80. The Labute approximate surface area is 115 Å². The minimum absolute atomic E-state index is 0.0162. The van der Waals surface area contributed by atoms with E-state index in [1.54, 1.807) is 0 Å². The van der Waals surface area contributed by atoms with Gasteiger partial charge in [-0.1, -0.05) is 31.5 Å². The van der Waals surface area contributed by atoms with Gasteiger partial charge in [0.15, 0.2) is 0 Å². The van der Waals surface area contributed by atoms with Gasteiger partial charge in [-0.2, -0.15) is 0 Å². The molecule has 1 fully saturated rings. The van der Waals surface area contributed by atoms with E-state index in [1.807, 2.05) is 13.8 Å². The van der Waals surface area contributed by atoms with Gasteiger partial charge in [-0.25, -0.2) is 9.18 Å². The van der Waals surface area contributed by atoms with Crippen molar-refractivity contribution in [3.8, 4) is 0 Å². The number of imide groups is 1. The van der Waals surface area contributed by atoms with Crippen LogP contribution in [0.25, 0.3) is 0 Å². The molecule has 2 rings (SSSR count). The van der Waals surface area contributed by atoms with E-state index < -0.39 is 17.9 Å². The number of benzene rings is 1. The molecule has 1 unspecified atom stereocenters. The molecule has 0 saturated carbocycles. The van der Waals surface area contributed by atoms with Crippen LogP contribution in [-0.2, 0) is 11.3 Å². The minimum Gasteiger partial charge on any atom is -0.326 e. The van der Waals surface area contributed by atoms with E-state index in [0.29, 0.717) is 0 Å². The Balaban J connectivity index is 2.24. The minimum atomic E-state index is -0.557. The van der Waals surface area contributed by atoms with Gasteiger partial charge < -0.3 is 5.32 Å². The lowest BCUT2D eigenvalue weighted by molar-refractivity contribution is -0.128. The van der Waals surface area contributed by atoms with E-state index in [1.165, 1.54) is 18.2 Å². The maximum atomic E-state index is 13.7. The highest BCUT2D eigenvalue weighted by molar-refractivity contribution is 6.31. The van der Waals surface area contributed by atoms with E-state index >= 15 is 0 Å². The van der Waals surface area contributed by atoms with Crippen molar-refractivity contribution >= 4 is 23.5 Å². The molecule has 1 aliphatic heterocycles. The number of hydrogen-bond acceptors (Lipinski definition) is 2. The predicted octanol–water partition coefficient (Wildman–Crippen LogP) is 2.56. The Morgan fingerprint density at radius 3 is 2.63 bits per heavy atom. The van der Waals surface area contributed by atoms with Crippen molar-refractivity contribution in [3.63, 3.8) is 0 Å². The largest absolute Gasteiger partial charge is 0.326 e. The van der Waals surface area contributed by atoms with E-state index in [-0.39, 0.29) is 29.0 Å². The summed E-state index contributed by atoms with van der Waals surface area (Å²) in [5, 5.41) is 2.79. The average molecular weight is 285 g/mol. The summed E-state index contributed by atoms with van der Waals surface area (Å²) in [5.41, 5.74) is 0.150. The molecule has 4 nitrogen and oxygen atoms in total. The van der Waals surface area contributed by atoms with Crippen LogP contribution in [-0.4, -0.2) is 22.9 Å². The molecule has 1 aromatic rings. The van der Waals surface area contributed by atoms with Gasteiger partial charge in [-0.3, -0.25) is 9.69 Å². The van der Waals surface area contributed by atoms with Crippen LogP contribution in [0.1, 0.15) is 19.4 Å². The van der Waals surface area contributed by atoms with Crippen molar-refractivity contribution in [1.29, 1.82) is 0 Å². The van der Waals surface area contributed by atoms with Gasteiger partial charge in [-0.05, 0) is 18.1 Å². The van der Waals surface area contributed by atoms with Gasteiger partial charge in [0.2, 0.25) is 0 Å². The third-order valence-electron chi connectivity index (χ3n) is 3.10. The van der Waals surface area contributed by atoms with E-state index in [2.05, 4.69) is 5.32 Å². The average Bonchev–Trinajstić information content (AvgIpc) is 2.61. The van der Waals surface area contributed by atoms with Crippen molar-refractivity contribution in [2.75, 3.05) is 0 Å². The molecule has 102 valence electrons. The SMILES string of the molecule is CC(C)C1NC(=O)N(Cc2c(F)cccc2Cl)C1=O. The molecule has 1 atom stereocenters. The smallest absolute Gasteiger partial charge is 0.325 e. The van der Waals surface area contributed by atoms with Crippen LogP contribution in [0.5, 0.6) is 0 Å². The highest BCUT2D eigenvalue weighted by Gasteiger charge is 2.39. The zero-order chi connectivity index (χ0) is 14.2. The molecule has 19 heavy (non-hydrogen) atoms. The fourth-order valence-electron chi connectivity index (χ4n) is 1.98. The van der Waals surface area contributed by atoms with E-state index in [9.17, 15) is 14.0 Å². The van der Waals surface area contributed by atoms with Gasteiger partial charge in [0.05, 0.1) is 6.54 Å². The first kappa shape index (κ1) is 13.8. The van der Waals surface area contributed by atoms with Crippen molar-refractivity contribution in [3.05, 3.63) is 34.6 Å². The van der Waals surface area contributed by atoms with E-state index in [0.717, 1.165) is 4.90 Å². The van der Waals surface area contributed by atoms with Crippen LogP contribution in [0.15, 0.2) is 18.2 Å². The monoisotopic (exact) mass is 284 g/mol. The fraction of sp³-hybridized carbons (Fsp3) is 0.385. The van der Waals surface area contributed by atoms with Crippen LogP contribution >= 0.6 is 11.6 Å². The molecule has 6 heteroatoms. The molecule has 0 aliphatic carbocycles. The molecule has 0 spiro atoms. The number of halogens is 2. The number of rotatable bonds is 3.